The molecule has 0 bridgehead atoms. The van der Waals surface area contributed by atoms with Gasteiger partial charge >= 0.3 is 13.8 Å². The van der Waals surface area contributed by atoms with Crippen molar-refractivity contribution in [1.29, 1.82) is 0 Å². The molecule has 1 fully saturated rings. The summed E-state index contributed by atoms with van der Waals surface area (Å²) >= 11 is 0. The Balaban J connectivity index is 2.40. The molecule has 6 atom stereocenters. The van der Waals surface area contributed by atoms with Crippen LogP contribution >= 0.6 is 7.82 Å². The second-order valence-corrected chi connectivity index (χ2v) is 18.0. The summed E-state index contributed by atoms with van der Waals surface area (Å²) in [4.78, 5) is 23.2. The Morgan fingerprint density at radius 1 is 0.485 bits per heavy atom. The van der Waals surface area contributed by atoms with Gasteiger partial charge in [-0.15, -0.1) is 0 Å². The van der Waals surface area contributed by atoms with E-state index in [9.17, 15) is 39.8 Å². The lowest BCUT2D eigenvalue weighted by atomic mass is 9.85. The van der Waals surface area contributed by atoms with Gasteiger partial charge in [-0.3, -0.25) is 13.8 Å². The zero-order valence-electron chi connectivity index (χ0n) is 40.2. The van der Waals surface area contributed by atoms with Gasteiger partial charge in [-0.2, -0.15) is 0 Å². The van der Waals surface area contributed by atoms with Gasteiger partial charge in [0.05, 0.1) is 13.2 Å². The van der Waals surface area contributed by atoms with E-state index in [2.05, 4.69) is 123 Å². The number of aliphatic hydroxyl groups excluding tert-OH is 5. The highest BCUT2D eigenvalue weighted by molar-refractivity contribution is 7.47. The molecule has 0 aromatic heterocycles. The Hall–Kier alpha value is -3.00. The first-order chi connectivity index (χ1) is 32.0. The quantitative estimate of drug-likeness (QED) is 0.0148. The summed E-state index contributed by atoms with van der Waals surface area (Å²) in [7, 11) is -5.04. The zero-order valence-corrected chi connectivity index (χ0v) is 41.1. The molecule has 13 heteroatoms. The second-order valence-electron chi connectivity index (χ2n) is 16.5. The van der Waals surface area contributed by atoms with Gasteiger partial charge in [0.2, 0.25) is 0 Å². The van der Waals surface area contributed by atoms with E-state index in [1.54, 1.807) is 0 Å². The van der Waals surface area contributed by atoms with Crippen LogP contribution in [0.15, 0.2) is 109 Å². The van der Waals surface area contributed by atoms with Crippen LogP contribution in [0.25, 0.3) is 0 Å². The van der Waals surface area contributed by atoms with E-state index in [1.807, 2.05) is 0 Å². The van der Waals surface area contributed by atoms with E-state index in [1.165, 1.54) is 0 Å². The number of phosphoric ester groups is 1. The molecular weight excluding hydrogens is 860 g/mol. The molecular formula is C53H87O12P. The molecule has 376 valence electrons. The lowest BCUT2D eigenvalue weighted by molar-refractivity contribution is -0.220. The molecule has 0 amide bonds. The molecule has 1 aliphatic rings. The summed E-state index contributed by atoms with van der Waals surface area (Å²) < 4.78 is 34.2. The fourth-order valence-corrected chi connectivity index (χ4v) is 7.76. The van der Waals surface area contributed by atoms with Crippen LogP contribution in [0.4, 0.5) is 0 Å². The van der Waals surface area contributed by atoms with E-state index in [0.29, 0.717) is 13.0 Å². The molecule has 0 aromatic carbocycles. The fraction of sp³-hybridized carbons (Fsp3) is 0.642. The second kappa shape index (κ2) is 42.1. The van der Waals surface area contributed by atoms with Gasteiger partial charge in [-0.1, -0.05) is 162 Å². The third kappa shape index (κ3) is 33.5. The van der Waals surface area contributed by atoms with Crippen LogP contribution in [0, 0.1) is 0 Å². The minimum absolute atomic E-state index is 0.104. The Labute approximate surface area is 397 Å². The van der Waals surface area contributed by atoms with Crippen molar-refractivity contribution in [3.63, 3.8) is 0 Å². The van der Waals surface area contributed by atoms with Crippen LogP contribution < -0.4 is 0 Å². The lowest BCUT2D eigenvalue weighted by Gasteiger charge is -2.41. The van der Waals surface area contributed by atoms with Crippen molar-refractivity contribution in [2.75, 3.05) is 19.8 Å². The van der Waals surface area contributed by atoms with Crippen molar-refractivity contribution < 1.29 is 58.3 Å². The Morgan fingerprint density at radius 3 is 1.29 bits per heavy atom. The highest BCUT2D eigenvalue weighted by atomic mass is 31.2. The molecule has 0 radical (unpaired) electrons. The molecule has 66 heavy (non-hydrogen) atoms. The molecule has 6 N–H and O–H groups in total. The maximum absolute atomic E-state index is 12.8. The van der Waals surface area contributed by atoms with Crippen molar-refractivity contribution in [2.24, 2.45) is 0 Å². The summed E-state index contributed by atoms with van der Waals surface area (Å²) in [6, 6.07) is 0. The van der Waals surface area contributed by atoms with Crippen LogP contribution in [-0.2, 0) is 27.9 Å². The number of phosphoric acid groups is 1. The molecule has 0 aliphatic heterocycles. The predicted molar refractivity (Wildman–Crippen MR) is 267 cm³/mol. The number of carbonyl (C=O) groups excluding carboxylic acids is 1. The van der Waals surface area contributed by atoms with Crippen molar-refractivity contribution in [3.8, 4) is 0 Å². The largest absolute Gasteiger partial charge is 0.472 e. The fourth-order valence-electron chi connectivity index (χ4n) is 6.78. The topological polar surface area (TPSA) is 192 Å². The van der Waals surface area contributed by atoms with Gasteiger partial charge in [-0.05, 0) is 96.3 Å². The molecule has 0 spiro atoms. The Bertz CT molecular complexity index is 1500. The van der Waals surface area contributed by atoms with Crippen molar-refractivity contribution in [1.82, 2.24) is 0 Å². The average molecular weight is 947 g/mol. The van der Waals surface area contributed by atoms with Crippen LogP contribution in [0.2, 0.25) is 0 Å². The van der Waals surface area contributed by atoms with Crippen LogP contribution in [0.3, 0.4) is 0 Å². The third-order valence-electron chi connectivity index (χ3n) is 10.6. The third-order valence-corrected chi connectivity index (χ3v) is 11.6. The van der Waals surface area contributed by atoms with Gasteiger partial charge < -0.3 is 39.9 Å². The summed E-state index contributed by atoms with van der Waals surface area (Å²) in [5, 5.41) is 50.3. The average Bonchev–Trinajstić information content (AvgIpc) is 3.30. The summed E-state index contributed by atoms with van der Waals surface area (Å²) in [6.07, 6.45) is 47.2. The zero-order chi connectivity index (χ0) is 48.4. The van der Waals surface area contributed by atoms with Crippen LogP contribution in [-0.4, -0.2) is 98.9 Å². The van der Waals surface area contributed by atoms with Gasteiger partial charge in [0.1, 0.15) is 42.7 Å². The summed E-state index contributed by atoms with van der Waals surface area (Å²) in [5.74, 6) is -0.512. The van der Waals surface area contributed by atoms with Gasteiger partial charge in [0.25, 0.3) is 0 Å². The molecule has 6 unspecified atom stereocenters. The number of unbranched alkanes of at least 4 members (excludes halogenated alkanes) is 10. The van der Waals surface area contributed by atoms with E-state index < -0.39 is 63.1 Å². The molecule has 1 aliphatic carbocycles. The first kappa shape index (κ1) is 61.0. The van der Waals surface area contributed by atoms with Gasteiger partial charge in [0, 0.05) is 13.0 Å². The van der Waals surface area contributed by atoms with E-state index in [-0.39, 0.29) is 13.0 Å². The van der Waals surface area contributed by atoms with E-state index >= 15 is 0 Å². The first-order valence-electron chi connectivity index (χ1n) is 24.7. The standard InChI is InChI=1S/C53H87O12P/c1-3-5-7-9-11-13-15-17-19-21-22-23-24-25-26-27-28-30-32-34-36-38-40-42-47(54)64-46(45-63-66(60,61)65-53-51(58)49(56)48(55)50(57)52(53)59)44-62-43-41-39-37-35-33-31-29-20-18-16-14-12-10-8-6-4-2/h5-8,11-14,17-20,22-23,25-26,28,30,46,48-53,55-59H,3-4,9-10,15-16,21,24,27,29,31-45H2,1-2H3,(H,60,61)/b7-5-,8-6-,13-11-,14-12-,19-17-,20-18-,23-22-,26-25-,30-28-. The first-order valence-corrected chi connectivity index (χ1v) is 26.2. The molecule has 0 aromatic rings. The Kier molecular flexibility index (Phi) is 38.9. The van der Waals surface area contributed by atoms with Crippen molar-refractivity contribution >= 4 is 13.8 Å². The molecule has 1 saturated carbocycles. The number of hydrogen-bond acceptors (Lipinski definition) is 11. The molecule has 0 saturated heterocycles. The number of esters is 1. The number of hydrogen-bond donors (Lipinski definition) is 6. The number of allylic oxidation sites excluding steroid dienone is 18. The normalized spacial score (nSPS) is 22.4. The number of ether oxygens (including phenoxy) is 2. The van der Waals surface area contributed by atoms with E-state index in [4.69, 9.17) is 18.5 Å². The maximum Gasteiger partial charge on any atom is 0.472 e. The van der Waals surface area contributed by atoms with E-state index in [0.717, 1.165) is 128 Å². The van der Waals surface area contributed by atoms with Crippen molar-refractivity contribution in [3.05, 3.63) is 109 Å². The van der Waals surface area contributed by atoms with Crippen LogP contribution in [0.5, 0.6) is 0 Å². The SMILES string of the molecule is CC/C=C\C/C=C\C/C=C\C/C=C\C/C=C\C/C=C\CCCCCCC(=O)OC(COCCCCCCCC/C=C\C/C=C\C/C=C\CC)COP(=O)(O)OC1C(O)C(O)C(O)C(O)C1O. The predicted octanol–water partition coefficient (Wildman–Crippen LogP) is 10.9. The molecule has 1 rings (SSSR count). The monoisotopic (exact) mass is 947 g/mol. The minimum atomic E-state index is -5.04. The number of carbonyl (C=O) groups is 1. The maximum atomic E-state index is 12.8. The molecule has 0 heterocycles. The van der Waals surface area contributed by atoms with Crippen molar-refractivity contribution in [2.45, 2.75) is 198 Å². The highest BCUT2D eigenvalue weighted by Gasteiger charge is 2.51. The van der Waals surface area contributed by atoms with Crippen LogP contribution in [0.1, 0.15) is 155 Å². The van der Waals surface area contributed by atoms with Gasteiger partial charge in [-0.25, -0.2) is 4.57 Å². The molecule has 12 nitrogen and oxygen atoms in total. The summed E-state index contributed by atoms with van der Waals surface area (Å²) in [5.41, 5.74) is 0. The van der Waals surface area contributed by atoms with Gasteiger partial charge in [0.15, 0.2) is 0 Å². The Morgan fingerprint density at radius 2 is 0.848 bits per heavy atom. The lowest BCUT2D eigenvalue weighted by Crippen LogP contribution is -2.64. The smallest absolute Gasteiger partial charge is 0.457 e. The minimum Gasteiger partial charge on any atom is -0.457 e. The highest BCUT2D eigenvalue weighted by Crippen LogP contribution is 2.47. The number of rotatable bonds is 40. The number of aliphatic hydroxyl groups is 5. The summed E-state index contributed by atoms with van der Waals surface area (Å²) in [6.45, 7) is 3.96.